The maximum absolute atomic E-state index is 17.0. The molecule has 1 unspecified atom stereocenters. The van der Waals surface area contributed by atoms with Gasteiger partial charge in [-0.05, 0) is 85.6 Å². The number of halogens is 3. The second kappa shape index (κ2) is 14.6. The van der Waals surface area contributed by atoms with Crippen molar-refractivity contribution in [3.63, 3.8) is 0 Å². The van der Waals surface area contributed by atoms with Crippen LogP contribution in [-0.2, 0) is 15.0 Å². The van der Waals surface area contributed by atoms with Gasteiger partial charge in [-0.2, -0.15) is 0 Å². The summed E-state index contributed by atoms with van der Waals surface area (Å²) in [5.41, 5.74) is -0.792. The number of benzene rings is 3. The molecule has 2 spiro atoms. The Morgan fingerprint density at radius 3 is 2.18 bits per heavy atom. The molecule has 2 amide bonds. The summed E-state index contributed by atoms with van der Waals surface area (Å²) in [7, 11) is 0. The smallest absolute Gasteiger partial charge is 0.238 e. The first-order valence-electron chi connectivity index (χ1n) is 19.4. The van der Waals surface area contributed by atoms with Crippen molar-refractivity contribution in [1.82, 2.24) is 15.2 Å². The minimum Gasteiger partial charge on any atom is -0.393 e. The van der Waals surface area contributed by atoms with E-state index < -0.39 is 52.9 Å². The van der Waals surface area contributed by atoms with Crippen molar-refractivity contribution < 1.29 is 24.2 Å². The van der Waals surface area contributed by atoms with Crippen molar-refractivity contribution in [2.24, 2.45) is 5.41 Å². The number of pyridine rings is 1. The van der Waals surface area contributed by atoms with Crippen LogP contribution in [0.2, 0.25) is 10.2 Å². The Labute approximate surface area is 331 Å². The van der Waals surface area contributed by atoms with Gasteiger partial charge in [0.05, 0.1) is 29.3 Å². The fraction of sp³-hybridized carbons (Fsp3) is 0.432. The quantitative estimate of drug-likeness (QED) is 0.140. The molecule has 5 atom stereocenters. The summed E-state index contributed by atoms with van der Waals surface area (Å²) in [6, 6.07) is 24.9. The number of hydrogen-bond donors (Lipinski definition) is 4. The van der Waals surface area contributed by atoms with Crippen molar-refractivity contribution >= 4 is 40.8 Å². The summed E-state index contributed by atoms with van der Waals surface area (Å²) in [5.74, 6) is -2.33. The summed E-state index contributed by atoms with van der Waals surface area (Å²) < 4.78 is 17.0. The average Bonchev–Trinajstić information content (AvgIpc) is 3.60. The molecule has 4 aliphatic rings. The lowest BCUT2D eigenvalue weighted by Crippen LogP contribution is -2.64. The SMILES string of the molecule is CC1(C)CCC2(CC1)N([C@H](c1ccccc1)[C@@H](O)c1ccccc1)[C@@H](C(=O)NC1CCC(O)CC1)[C@H](c1cccc(Cl)c1F)C21C(=O)Nc2nc(Cl)ccc21. The van der Waals surface area contributed by atoms with Gasteiger partial charge in [0.25, 0.3) is 0 Å². The topological polar surface area (TPSA) is 115 Å². The molecule has 2 aliphatic carbocycles. The predicted octanol–water partition coefficient (Wildman–Crippen LogP) is 8.42. The van der Waals surface area contributed by atoms with Crippen molar-refractivity contribution in [3.8, 4) is 0 Å². The molecule has 288 valence electrons. The number of carbonyl (C=O) groups is 2. The molecule has 2 aliphatic heterocycles. The maximum atomic E-state index is 17.0. The highest BCUT2D eigenvalue weighted by molar-refractivity contribution is 6.31. The van der Waals surface area contributed by atoms with E-state index in [0.29, 0.717) is 62.5 Å². The number of nitrogens with zero attached hydrogens (tertiary/aromatic N) is 2. The second-order valence-corrected chi connectivity index (χ2v) is 17.5. The first-order valence-corrected chi connectivity index (χ1v) is 20.1. The second-order valence-electron chi connectivity index (χ2n) is 16.7. The molecular weight excluding hydrogens is 738 g/mol. The lowest BCUT2D eigenvalue weighted by atomic mass is 9.53. The molecule has 8 nitrogen and oxygen atoms in total. The first-order chi connectivity index (χ1) is 26.4. The van der Waals surface area contributed by atoms with E-state index in [1.54, 1.807) is 24.3 Å². The van der Waals surface area contributed by atoms with E-state index in [0.717, 1.165) is 5.56 Å². The molecule has 8 rings (SSSR count). The largest absolute Gasteiger partial charge is 0.393 e. The Morgan fingerprint density at radius 2 is 1.53 bits per heavy atom. The van der Waals surface area contributed by atoms with Crippen LogP contribution in [0.4, 0.5) is 10.2 Å². The third-order valence-corrected chi connectivity index (χ3v) is 13.6. The Bertz CT molecular complexity index is 2070. The highest BCUT2D eigenvalue weighted by Gasteiger charge is 2.77. The standard InChI is InChI=1S/C44H47Cl2FN4O4/c1-42(2)22-24-43(25-23-42)44(31-20-21-33(46)49-39(31)50-41(44)55)34(30-14-9-15-32(45)35(30)47)37(40(54)48-28-16-18-29(52)19-17-28)51(43)36(26-10-5-3-6-11-26)38(53)27-12-7-4-8-13-27/h3-15,20-21,28-29,34,36-38,52-53H,16-19,22-25H2,1-2H3,(H,48,54)(H,49,50,55)/t28?,29?,34-,36+,37+,38-,44?/m0/s1. The number of amides is 2. The highest BCUT2D eigenvalue weighted by atomic mass is 35.5. The van der Waals surface area contributed by atoms with Crippen LogP contribution < -0.4 is 10.6 Å². The summed E-state index contributed by atoms with van der Waals surface area (Å²) in [5, 5.41) is 29.6. The Morgan fingerprint density at radius 1 is 0.891 bits per heavy atom. The number of aromatic nitrogens is 1. The van der Waals surface area contributed by atoms with Crippen molar-refractivity contribution in [2.75, 3.05) is 5.32 Å². The number of anilines is 1. The average molecular weight is 786 g/mol. The summed E-state index contributed by atoms with van der Waals surface area (Å²) >= 11 is 13.1. The molecule has 3 fully saturated rings. The molecule has 4 aromatic rings. The van der Waals surface area contributed by atoms with Gasteiger partial charge in [-0.15, -0.1) is 0 Å². The molecule has 1 aromatic heterocycles. The van der Waals surface area contributed by atoms with E-state index in [9.17, 15) is 10.2 Å². The van der Waals surface area contributed by atoms with Gasteiger partial charge in [0, 0.05) is 23.1 Å². The van der Waals surface area contributed by atoms with E-state index in [2.05, 4.69) is 34.4 Å². The van der Waals surface area contributed by atoms with E-state index in [1.165, 1.54) is 6.07 Å². The van der Waals surface area contributed by atoms with Crippen LogP contribution in [0.1, 0.15) is 106 Å². The van der Waals surface area contributed by atoms with Crippen LogP contribution in [0.15, 0.2) is 91.0 Å². The lowest BCUT2D eigenvalue weighted by Gasteiger charge is -2.56. The number of nitrogens with one attached hydrogen (secondary N) is 2. The Hall–Kier alpha value is -3.86. The van der Waals surface area contributed by atoms with Gasteiger partial charge in [0.15, 0.2) is 0 Å². The zero-order chi connectivity index (χ0) is 38.7. The minimum absolute atomic E-state index is 0.103. The van der Waals surface area contributed by atoms with E-state index in [4.69, 9.17) is 23.2 Å². The zero-order valence-corrected chi connectivity index (χ0v) is 32.5. The van der Waals surface area contributed by atoms with Gasteiger partial charge >= 0.3 is 0 Å². The molecule has 3 aromatic carbocycles. The number of fused-ring (bicyclic) bond motifs is 3. The summed E-state index contributed by atoms with van der Waals surface area (Å²) in [6.45, 7) is 4.41. The van der Waals surface area contributed by atoms with Gasteiger partial charge in [0.1, 0.15) is 22.2 Å². The fourth-order valence-corrected chi connectivity index (χ4v) is 10.8. The molecular formula is C44H47Cl2FN4O4. The van der Waals surface area contributed by atoms with E-state index in [1.807, 2.05) is 60.7 Å². The maximum Gasteiger partial charge on any atom is 0.238 e. The summed E-state index contributed by atoms with van der Waals surface area (Å²) in [4.78, 5) is 37.9. The van der Waals surface area contributed by atoms with E-state index >= 15 is 14.0 Å². The van der Waals surface area contributed by atoms with Gasteiger partial charge < -0.3 is 20.8 Å². The molecule has 4 N–H and O–H groups in total. The van der Waals surface area contributed by atoms with Crippen molar-refractivity contribution in [3.05, 3.63) is 129 Å². The van der Waals surface area contributed by atoms with Crippen LogP contribution in [0.3, 0.4) is 0 Å². The number of rotatable bonds is 7. The molecule has 0 radical (unpaired) electrons. The molecule has 2 saturated carbocycles. The Balaban J connectivity index is 1.47. The number of aliphatic hydroxyl groups excluding tert-OH is 2. The van der Waals surface area contributed by atoms with Crippen LogP contribution in [0.5, 0.6) is 0 Å². The lowest BCUT2D eigenvalue weighted by molar-refractivity contribution is -0.137. The molecule has 11 heteroatoms. The highest BCUT2D eigenvalue weighted by Crippen LogP contribution is 2.69. The number of carbonyl (C=O) groups excluding carboxylic acids is 2. The molecule has 1 saturated heterocycles. The number of aliphatic hydroxyl groups is 2. The molecule has 3 heterocycles. The van der Waals surface area contributed by atoms with Gasteiger partial charge in [-0.25, -0.2) is 9.37 Å². The van der Waals surface area contributed by atoms with Gasteiger partial charge in [-0.3, -0.25) is 14.5 Å². The zero-order valence-electron chi connectivity index (χ0n) is 31.0. The van der Waals surface area contributed by atoms with Crippen LogP contribution in [-0.4, -0.2) is 55.6 Å². The molecule has 0 bridgehead atoms. The summed E-state index contributed by atoms with van der Waals surface area (Å²) in [6.07, 6.45) is 2.91. The first kappa shape index (κ1) is 38.0. The normalized spacial score (nSPS) is 28.1. The predicted molar refractivity (Wildman–Crippen MR) is 211 cm³/mol. The minimum atomic E-state index is -1.59. The molecule has 55 heavy (non-hydrogen) atoms. The van der Waals surface area contributed by atoms with Gasteiger partial charge in [-0.1, -0.05) is 116 Å². The number of hydrogen-bond acceptors (Lipinski definition) is 6. The van der Waals surface area contributed by atoms with Crippen molar-refractivity contribution in [2.45, 2.75) is 112 Å². The Kier molecular flexibility index (Phi) is 10.1. The van der Waals surface area contributed by atoms with Crippen LogP contribution in [0.25, 0.3) is 0 Å². The fourth-order valence-electron chi connectivity index (χ4n) is 10.5. The van der Waals surface area contributed by atoms with E-state index in [-0.39, 0.29) is 38.9 Å². The van der Waals surface area contributed by atoms with Crippen molar-refractivity contribution in [1.29, 1.82) is 0 Å². The monoisotopic (exact) mass is 784 g/mol. The van der Waals surface area contributed by atoms with Gasteiger partial charge in [0.2, 0.25) is 11.8 Å². The third-order valence-electron chi connectivity index (χ3n) is 13.1. The third kappa shape index (κ3) is 6.27. The van der Waals surface area contributed by atoms with Crippen LogP contribution in [0, 0.1) is 11.2 Å². The number of likely N-dealkylation sites (tertiary alicyclic amines) is 1. The van der Waals surface area contributed by atoms with Crippen LogP contribution >= 0.6 is 23.2 Å².